The van der Waals surface area contributed by atoms with E-state index in [9.17, 15) is 4.79 Å². The van der Waals surface area contributed by atoms with Gasteiger partial charge in [-0.15, -0.1) is 0 Å². The lowest BCUT2D eigenvalue weighted by molar-refractivity contribution is -0.122. The Morgan fingerprint density at radius 2 is 2.22 bits per heavy atom. The summed E-state index contributed by atoms with van der Waals surface area (Å²) >= 11 is 6.11. The Labute approximate surface area is 113 Å². The molecule has 1 aliphatic rings. The van der Waals surface area contributed by atoms with E-state index in [0.29, 0.717) is 5.92 Å². The molecular formula is C14H19ClN2O. The molecule has 2 atom stereocenters. The third kappa shape index (κ3) is 2.85. The number of carbonyl (C=O) groups excluding carboxylic acids is 1. The molecule has 3 nitrogen and oxygen atoms in total. The summed E-state index contributed by atoms with van der Waals surface area (Å²) < 4.78 is 0. The van der Waals surface area contributed by atoms with Gasteiger partial charge in [0.2, 0.25) is 5.91 Å². The van der Waals surface area contributed by atoms with Crippen LogP contribution in [0.15, 0.2) is 18.2 Å². The number of amides is 1. The fourth-order valence-electron chi connectivity index (χ4n) is 2.56. The Morgan fingerprint density at radius 1 is 1.50 bits per heavy atom. The lowest BCUT2D eigenvalue weighted by atomic mass is 9.98. The standard InChI is InChI=1S/C14H19ClN2O/c1-9-3-4-11(5-13(9)15)7-17-6-10(2)12(8-17)14(16)18/h3-5,10,12H,6-8H2,1-2H3,(H2,16,18)/t10-,12-/m1/s1. The van der Waals surface area contributed by atoms with Gasteiger partial charge in [0.05, 0.1) is 5.92 Å². The van der Waals surface area contributed by atoms with Gasteiger partial charge in [0, 0.05) is 24.7 Å². The van der Waals surface area contributed by atoms with Crippen LogP contribution in [0.3, 0.4) is 0 Å². The zero-order valence-electron chi connectivity index (χ0n) is 10.8. The van der Waals surface area contributed by atoms with Gasteiger partial charge in [-0.05, 0) is 30.0 Å². The van der Waals surface area contributed by atoms with E-state index in [-0.39, 0.29) is 11.8 Å². The molecule has 0 spiro atoms. The monoisotopic (exact) mass is 266 g/mol. The van der Waals surface area contributed by atoms with Crippen molar-refractivity contribution in [2.24, 2.45) is 17.6 Å². The molecule has 4 heteroatoms. The Morgan fingerprint density at radius 3 is 2.78 bits per heavy atom. The first-order chi connectivity index (χ1) is 8.47. The average Bonchev–Trinajstić information content (AvgIpc) is 2.65. The highest BCUT2D eigenvalue weighted by molar-refractivity contribution is 6.31. The summed E-state index contributed by atoms with van der Waals surface area (Å²) in [4.78, 5) is 13.5. The highest BCUT2D eigenvalue weighted by Crippen LogP contribution is 2.25. The number of likely N-dealkylation sites (tertiary alicyclic amines) is 1. The third-order valence-electron chi connectivity index (χ3n) is 3.70. The first kappa shape index (κ1) is 13.4. The van der Waals surface area contributed by atoms with Crippen LogP contribution in [0.5, 0.6) is 0 Å². The van der Waals surface area contributed by atoms with Gasteiger partial charge in [-0.2, -0.15) is 0 Å². The van der Waals surface area contributed by atoms with E-state index in [1.54, 1.807) is 0 Å². The number of carbonyl (C=O) groups is 1. The highest BCUT2D eigenvalue weighted by atomic mass is 35.5. The molecule has 1 amide bonds. The van der Waals surface area contributed by atoms with Crippen molar-refractivity contribution in [1.29, 1.82) is 0 Å². The van der Waals surface area contributed by atoms with Crippen molar-refractivity contribution in [2.45, 2.75) is 20.4 Å². The number of halogens is 1. The maximum Gasteiger partial charge on any atom is 0.222 e. The third-order valence-corrected chi connectivity index (χ3v) is 4.10. The minimum absolute atomic E-state index is 0.0223. The predicted molar refractivity (Wildman–Crippen MR) is 73.3 cm³/mol. The minimum atomic E-state index is -0.188. The Hall–Kier alpha value is -1.06. The summed E-state index contributed by atoms with van der Waals surface area (Å²) in [5, 5.41) is 0.797. The van der Waals surface area contributed by atoms with Crippen LogP contribution in [-0.4, -0.2) is 23.9 Å². The van der Waals surface area contributed by atoms with Crippen molar-refractivity contribution < 1.29 is 4.79 Å². The number of nitrogens with two attached hydrogens (primary N) is 1. The summed E-state index contributed by atoms with van der Waals surface area (Å²) in [6, 6.07) is 6.12. The molecule has 0 bridgehead atoms. The normalized spacial score (nSPS) is 24.4. The molecule has 0 saturated carbocycles. The van der Waals surface area contributed by atoms with E-state index in [0.717, 1.165) is 30.2 Å². The largest absolute Gasteiger partial charge is 0.369 e. The van der Waals surface area contributed by atoms with E-state index in [4.69, 9.17) is 17.3 Å². The summed E-state index contributed by atoms with van der Waals surface area (Å²) in [6.07, 6.45) is 0. The van der Waals surface area contributed by atoms with Crippen LogP contribution in [0.4, 0.5) is 0 Å². The number of hydrogen-bond donors (Lipinski definition) is 1. The van der Waals surface area contributed by atoms with Crippen LogP contribution < -0.4 is 5.73 Å². The molecular weight excluding hydrogens is 248 g/mol. The molecule has 1 aromatic rings. The van der Waals surface area contributed by atoms with Crippen molar-refractivity contribution in [3.8, 4) is 0 Å². The van der Waals surface area contributed by atoms with Gasteiger partial charge >= 0.3 is 0 Å². The molecule has 0 unspecified atom stereocenters. The fraction of sp³-hybridized carbons (Fsp3) is 0.500. The number of hydrogen-bond acceptors (Lipinski definition) is 2. The first-order valence-corrected chi connectivity index (χ1v) is 6.62. The number of aryl methyl sites for hydroxylation is 1. The minimum Gasteiger partial charge on any atom is -0.369 e. The van der Waals surface area contributed by atoms with Crippen molar-refractivity contribution in [3.05, 3.63) is 34.3 Å². The van der Waals surface area contributed by atoms with E-state index in [1.165, 1.54) is 5.56 Å². The quantitative estimate of drug-likeness (QED) is 0.912. The number of rotatable bonds is 3. The molecule has 0 aliphatic carbocycles. The molecule has 98 valence electrons. The second kappa shape index (κ2) is 5.29. The molecule has 1 aliphatic heterocycles. The van der Waals surface area contributed by atoms with E-state index in [1.807, 2.05) is 19.1 Å². The Bertz CT molecular complexity index is 461. The lowest BCUT2D eigenvalue weighted by Gasteiger charge is -2.15. The second-order valence-corrected chi connectivity index (χ2v) is 5.67. The topological polar surface area (TPSA) is 46.3 Å². The van der Waals surface area contributed by atoms with E-state index >= 15 is 0 Å². The first-order valence-electron chi connectivity index (χ1n) is 6.24. The number of benzene rings is 1. The van der Waals surface area contributed by atoms with Gasteiger partial charge in [0.1, 0.15) is 0 Å². The average molecular weight is 267 g/mol. The molecule has 1 saturated heterocycles. The van der Waals surface area contributed by atoms with Crippen LogP contribution in [0.2, 0.25) is 5.02 Å². The summed E-state index contributed by atoms with van der Waals surface area (Å²) in [7, 11) is 0. The maximum absolute atomic E-state index is 11.3. The molecule has 18 heavy (non-hydrogen) atoms. The summed E-state index contributed by atoms with van der Waals surface area (Å²) in [6.45, 7) is 6.57. The molecule has 1 heterocycles. The highest BCUT2D eigenvalue weighted by Gasteiger charge is 2.33. The van der Waals surface area contributed by atoms with Crippen molar-refractivity contribution in [1.82, 2.24) is 4.90 Å². The summed E-state index contributed by atoms with van der Waals surface area (Å²) in [5.74, 6) is 0.126. The van der Waals surface area contributed by atoms with Gasteiger partial charge in [-0.1, -0.05) is 30.7 Å². The second-order valence-electron chi connectivity index (χ2n) is 5.26. The van der Waals surface area contributed by atoms with Crippen LogP contribution in [0.25, 0.3) is 0 Å². The molecule has 1 fully saturated rings. The van der Waals surface area contributed by atoms with Gasteiger partial charge in [0.25, 0.3) is 0 Å². The van der Waals surface area contributed by atoms with E-state index < -0.39 is 0 Å². The van der Waals surface area contributed by atoms with Crippen molar-refractivity contribution >= 4 is 17.5 Å². The van der Waals surface area contributed by atoms with Gasteiger partial charge < -0.3 is 5.73 Å². The Kier molecular flexibility index (Phi) is 3.93. The molecule has 2 rings (SSSR count). The molecule has 0 aromatic heterocycles. The SMILES string of the molecule is Cc1ccc(CN2C[C@@H](C)[C@H](C(N)=O)C2)cc1Cl. The van der Waals surface area contributed by atoms with Crippen LogP contribution in [0.1, 0.15) is 18.1 Å². The Balaban J connectivity index is 2.03. The van der Waals surface area contributed by atoms with Gasteiger partial charge in [0.15, 0.2) is 0 Å². The zero-order chi connectivity index (χ0) is 13.3. The lowest BCUT2D eigenvalue weighted by Crippen LogP contribution is -2.29. The fourth-order valence-corrected chi connectivity index (χ4v) is 2.76. The molecule has 2 N–H and O–H groups in total. The van der Waals surface area contributed by atoms with Gasteiger partial charge in [-0.3, -0.25) is 9.69 Å². The summed E-state index contributed by atoms with van der Waals surface area (Å²) in [5.41, 5.74) is 7.67. The van der Waals surface area contributed by atoms with Crippen molar-refractivity contribution in [2.75, 3.05) is 13.1 Å². The molecule has 0 radical (unpaired) electrons. The molecule has 1 aromatic carbocycles. The van der Waals surface area contributed by atoms with E-state index in [2.05, 4.69) is 17.9 Å². The maximum atomic E-state index is 11.3. The predicted octanol–water partition coefficient (Wildman–Crippen LogP) is 2.20. The van der Waals surface area contributed by atoms with Crippen LogP contribution in [0, 0.1) is 18.8 Å². The van der Waals surface area contributed by atoms with Gasteiger partial charge in [-0.25, -0.2) is 0 Å². The van der Waals surface area contributed by atoms with Crippen LogP contribution in [-0.2, 0) is 11.3 Å². The number of primary amides is 1. The van der Waals surface area contributed by atoms with Crippen molar-refractivity contribution in [3.63, 3.8) is 0 Å². The van der Waals surface area contributed by atoms with Crippen LogP contribution >= 0.6 is 11.6 Å². The number of nitrogens with zero attached hydrogens (tertiary/aromatic N) is 1. The smallest absolute Gasteiger partial charge is 0.222 e. The zero-order valence-corrected chi connectivity index (χ0v) is 11.6.